The van der Waals surface area contributed by atoms with Gasteiger partial charge in [-0.2, -0.15) is 0 Å². The Hall–Kier alpha value is -6.07. The van der Waals surface area contributed by atoms with Crippen molar-refractivity contribution in [3.8, 4) is 11.3 Å². The number of benzene rings is 2. The number of aldehydes is 1. The first-order chi connectivity index (χ1) is 27.4. The zero-order valence-corrected chi connectivity index (χ0v) is 31.4. The summed E-state index contributed by atoms with van der Waals surface area (Å²) in [6.45, 7) is 8.75. The molecule has 294 valence electrons. The van der Waals surface area contributed by atoms with Crippen molar-refractivity contribution in [3.63, 3.8) is 0 Å². The van der Waals surface area contributed by atoms with Crippen LogP contribution in [0.2, 0.25) is 0 Å². The standard InChI is InChI=1S/C40H39F3N10O4/c1-21(2)53-22(3)46-37-29(42)13-23(14-32(37)53)36-30(43)17-45-40(49-36)47-34-6-4-26(16-44-34)51-10-8-50(9-11-51)18-25-12-24-19-52(31-5-7-35(56)48-39(31)57)38(33(55)20-54)27(24)15-28(25)41/h4,6,12-17,20-21,31,38H,5,7-11,18-19H2,1-3H3,(H,48,56,57)(H,44,45,47,49). The van der Waals surface area contributed by atoms with E-state index in [2.05, 4.69) is 40.4 Å². The molecule has 3 aliphatic heterocycles. The first-order valence-corrected chi connectivity index (χ1v) is 18.7. The van der Waals surface area contributed by atoms with Crippen LogP contribution in [0.15, 0.2) is 48.8 Å². The number of amides is 2. The molecule has 3 aliphatic rings. The number of hydrogen-bond donors (Lipinski definition) is 2. The second-order valence-electron chi connectivity index (χ2n) is 14.8. The van der Waals surface area contributed by atoms with E-state index in [1.165, 1.54) is 12.1 Å². The van der Waals surface area contributed by atoms with Crippen LogP contribution >= 0.6 is 0 Å². The highest BCUT2D eigenvalue weighted by molar-refractivity contribution is 6.27. The van der Waals surface area contributed by atoms with Crippen LogP contribution in [0, 0.1) is 24.4 Å². The molecule has 2 N–H and O–H groups in total. The minimum Gasteiger partial charge on any atom is -0.368 e. The highest BCUT2D eigenvalue weighted by atomic mass is 19.1. The molecular weight excluding hydrogens is 741 g/mol. The van der Waals surface area contributed by atoms with Gasteiger partial charge in [-0.15, -0.1) is 0 Å². The number of ketones is 1. The topological polar surface area (TPSA) is 159 Å². The Morgan fingerprint density at radius 2 is 1.77 bits per heavy atom. The first kappa shape index (κ1) is 37.8. The molecule has 6 heterocycles. The van der Waals surface area contributed by atoms with Gasteiger partial charge in [0.2, 0.25) is 23.5 Å². The average molecular weight is 781 g/mol. The van der Waals surface area contributed by atoms with Crippen LogP contribution < -0.4 is 15.5 Å². The Morgan fingerprint density at radius 3 is 2.47 bits per heavy atom. The Bertz CT molecular complexity index is 2430. The maximum Gasteiger partial charge on any atom is 0.243 e. The van der Waals surface area contributed by atoms with Crippen molar-refractivity contribution in [1.82, 2.24) is 39.6 Å². The fraction of sp³-hybridized carbons (Fsp3) is 0.350. The molecule has 0 spiro atoms. The van der Waals surface area contributed by atoms with Crippen molar-refractivity contribution in [2.24, 2.45) is 0 Å². The molecule has 2 amide bonds. The second-order valence-corrected chi connectivity index (χ2v) is 14.8. The number of imidazole rings is 1. The molecule has 0 bridgehead atoms. The van der Waals surface area contributed by atoms with E-state index in [1.807, 2.05) is 24.5 Å². The number of nitrogens with zero attached hydrogens (tertiary/aromatic N) is 8. The molecule has 2 atom stereocenters. The van der Waals surface area contributed by atoms with Crippen LogP contribution in [0.4, 0.5) is 30.6 Å². The summed E-state index contributed by atoms with van der Waals surface area (Å²) in [6, 6.07) is 7.66. The van der Waals surface area contributed by atoms with Crippen LogP contribution in [-0.4, -0.2) is 90.4 Å². The number of aromatic nitrogens is 5. The van der Waals surface area contributed by atoms with E-state index in [4.69, 9.17) is 0 Å². The highest BCUT2D eigenvalue weighted by Crippen LogP contribution is 2.39. The van der Waals surface area contributed by atoms with Gasteiger partial charge in [0.1, 0.15) is 34.7 Å². The minimum absolute atomic E-state index is 0.0118. The summed E-state index contributed by atoms with van der Waals surface area (Å²) in [7, 11) is 0. The smallest absolute Gasteiger partial charge is 0.243 e. The third-order valence-corrected chi connectivity index (χ3v) is 10.9. The van der Waals surface area contributed by atoms with E-state index in [9.17, 15) is 19.2 Å². The molecule has 5 aromatic rings. The van der Waals surface area contributed by atoms with Gasteiger partial charge in [-0.1, -0.05) is 0 Å². The number of carbonyl (C=O) groups excluding carboxylic acids is 4. The maximum atomic E-state index is 15.6. The van der Waals surface area contributed by atoms with E-state index >= 15 is 13.2 Å². The van der Waals surface area contributed by atoms with Crippen LogP contribution in [0.3, 0.4) is 0 Å². The molecule has 0 saturated carbocycles. The van der Waals surface area contributed by atoms with Crippen molar-refractivity contribution in [1.29, 1.82) is 0 Å². The van der Waals surface area contributed by atoms with Gasteiger partial charge >= 0.3 is 0 Å². The summed E-state index contributed by atoms with van der Waals surface area (Å²) < 4.78 is 47.6. The van der Waals surface area contributed by atoms with Gasteiger partial charge in [-0.3, -0.25) is 34.3 Å². The van der Waals surface area contributed by atoms with Gasteiger partial charge in [0.15, 0.2) is 17.9 Å². The summed E-state index contributed by atoms with van der Waals surface area (Å²) in [5.41, 5.74) is 3.27. The molecule has 17 heteroatoms. The van der Waals surface area contributed by atoms with Gasteiger partial charge in [0.05, 0.1) is 29.6 Å². The van der Waals surface area contributed by atoms with Gasteiger partial charge in [-0.05, 0) is 74.7 Å². The second kappa shape index (κ2) is 15.1. The van der Waals surface area contributed by atoms with Crippen LogP contribution in [0.5, 0.6) is 0 Å². The van der Waals surface area contributed by atoms with Crippen LogP contribution in [-0.2, 0) is 32.3 Å². The Morgan fingerprint density at radius 1 is 0.982 bits per heavy atom. The number of piperidine rings is 1. The number of aryl methyl sites for hydroxylation is 1. The van der Waals surface area contributed by atoms with Crippen LogP contribution in [0.25, 0.3) is 22.3 Å². The predicted molar refractivity (Wildman–Crippen MR) is 203 cm³/mol. The largest absolute Gasteiger partial charge is 0.368 e. The monoisotopic (exact) mass is 780 g/mol. The Kier molecular flexibility index (Phi) is 10.0. The molecule has 3 aromatic heterocycles. The SMILES string of the molecule is Cc1nc2c(F)cc(-c3nc(Nc4ccc(N5CCN(Cc6cc7c(cc6F)C(C(=O)C=O)N(C6CCC(=O)NC6=O)C7)CC5)cn4)ncc3F)cc2n1C(C)C. The first-order valence-electron chi connectivity index (χ1n) is 18.7. The van der Waals surface area contributed by atoms with E-state index in [1.54, 1.807) is 36.2 Å². The van der Waals surface area contributed by atoms with Crippen molar-refractivity contribution in [2.45, 2.75) is 64.8 Å². The third-order valence-electron chi connectivity index (χ3n) is 10.9. The summed E-state index contributed by atoms with van der Waals surface area (Å²) in [5, 5.41) is 5.30. The molecule has 57 heavy (non-hydrogen) atoms. The van der Waals surface area contributed by atoms with E-state index in [-0.39, 0.29) is 54.4 Å². The number of rotatable bonds is 10. The lowest BCUT2D eigenvalue weighted by molar-refractivity contribution is -0.141. The molecule has 8 rings (SSSR count). The number of imide groups is 1. The molecular formula is C40H39F3N10O4. The normalized spacial score (nSPS) is 19.0. The van der Waals surface area contributed by atoms with Gasteiger partial charge < -0.3 is 14.8 Å². The third kappa shape index (κ3) is 7.23. The van der Waals surface area contributed by atoms with Crippen molar-refractivity contribution in [3.05, 3.63) is 88.8 Å². The summed E-state index contributed by atoms with van der Waals surface area (Å²) in [5.74, 6) is -2.33. The molecule has 0 radical (unpaired) electrons. The summed E-state index contributed by atoms with van der Waals surface area (Å²) in [4.78, 5) is 71.8. The summed E-state index contributed by atoms with van der Waals surface area (Å²) in [6.07, 6.45) is 3.23. The molecule has 2 saturated heterocycles. The zero-order chi connectivity index (χ0) is 40.1. The molecule has 2 fully saturated rings. The predicted octanol–water partition coefficient (Wildman–Crippen LogP) is 4.69. The lowest BCUT2D eigenvalue weighted by atomic mass is 9.97. The number of Topliss-reactive ketones (excluding diaryl/α,β-unsaturated/α-hetero) is 1. The fourth-order valence-corrected chi connectivity index (χ4v) is 8.19. The van der Waals surface area contributed by atoms with Gasteiger partial charge in [0, 0.05) is 62.9 Å². The van der Waals surface area contributed by atoms with E-state index in [0.29, 0.717) is 66.6 Å². The van der Waals surface area contributed by atoms with Gasteiger partial charge in [-0.25, -0.2) is 33.1 Å². The maximum absolute atomic E-state index is 15.6. The molecule has 2 unspecified atom stereocenters. The molecule has 14 nitrogen and oxygen atoms in total. The Balaban J connectivity index is 0.910. The van der Waals surface area contributed by atoms with Crippen LogP contribution in [0.1, 0.15) is 61.3 Å². The van der Waals surface area contributed by atoms with Gasteiger partial charge in [0.25, 0.3) is 0 Å². The van der Waals surface area contributed by atoms with Crippen molar-refractivity contribution >= 4 is 52.4 Å². The number of halogens is 3. The van der Waals surface area contributed by atoms with E-state index in [0.717, 1.165) is 11.9 Å². The Labute approximate surface area is 325 Å². The number of piperazine rings is 1. The number of pyridine rings is 1. The van der Waals surface area contributed by atoms with Crippen molar-refractivity contribution < 1.29 is 32.3 Å². The number of anilines is 3. The van der Waals surface area contributed by atoms with E-state index < -0.39 is 47.1 Å². The zero-order valence-electron chi connectivity index (χ0n) is 31.4. The highest BCUT2D eigenvalue weighted by Gasteiger charge is 2.44. The number of carbonyl (C=O) groups is 4. The molecule has 2 aromatic carbocycles. The number of hydrogen-bond acceptors (Lipinski definition) is 12. The lowest BCUT2D eigenvalue weighted by Crippen LogP contribution is -2.52. The number of fused-ring (bicyclic) bond motifs is 2. The number of nitrogens with one attached hydrogen (secondary N) is 2. The fourth-order valence-electron chi connectivity index (χ4n) is 8.19. The summed E-state index contributed by atoms with van der Waals surface area (Å²) >= 11 is 0. The average Bonchev–Trinajstić information content (AvgIpc) is 3.72. The minimum atomic E-state index is -1.10. The quantitative estimate of drug-likeness (QED) is 0.115. The van der Waals surface area contributed by atoms with Crippen molar-refractivity contribution in [2.75, 3.05) is 36.4 Å². The molecule has 0 aliphatic carbocycles. The lowest BCUT2D eigenvalue weighted by Gasteiger charge is -2.36.